The maximum atomic E-state index is 12.4. The number of benzene rings is 2. The summed E-state index contributed by atoms with van der Waals surface area (Å²) >= 11 is 0. The van der Waals surface area contributed by atoms with Gasteiger partial charge in [0.2, 0.25) is 5.91 Å². The van der Waals surface area contributed by atoms with E-state index in [1.54, 1.807) is 18.2 Å². The molecule has 0 aliphatic carbocycles. The van der Waals surface area contributed by atoms with E-state index in [0.29, 0.717) is 17.2 Å². The minimum atomic E-state index is -0.472. The number of ether oxygens (including phenoxy) is 1. The van der Waals surface area contributed by atoms with E-state index >= 15 is 0 Å². The van der Waals surface area contributed by atoms with Crippen LogP contribution in [0.2, 0.25) is 0 Å². The number of aryl methyl sites for hydroxylation is 2. The Morgan fingerprint density at radius 3 is 2.59 bits per heavy atom. The summed E-state index contributed by atoms with van der Waals surface area (Å²) in [6.45, 7) is 1.97. The number of hydrogen-bond acceptors (Lipinski definition) is 4. The van der Waals surface area contributed by atoms with Crippen LogP contribution in [0.15, 0.2) is 70.4 Å². The van der Waals surface area contributed by atoms with Gasteiger partial charge in [-0.1, -0.05) is 24.3 Å². The highest BCUT2D eigenvalue weighted by atomic mass is 16.5. The zero-order valence-electron chi connectivity index (χ0n) is 16.4. The highest BCUT2D eigenvalue weighted by molar-refractivity contribution is 6.02. The lowest BCUT2D eigenvalue weighted by Gasteiger charge is -2.11. The Bertz CT molecular complexity index is 1210. The first-order valence-corrected chi connectivity index (χ1v) is 8.94. The number of aromatic nitrogens is 2. The van der Waals surface area contributed by atoms with Crippen LogP contribution >= 0.6 is 0 Å². The SMILES string of the molecule is Cc1cccc(Oc2ccccc2NC(=O)/C=C/c2cn(C)c(=O)n(C)c2=O)c1. The number of anilines is 1. The molecular weight excluding hydrogens is 370 g/mol. The fourth-order valence-electron chi connectivity index (χ4n) is 2.76. The van der Waals surface area contributed by atoms with E-state index in [2.05, 4.69) is 5.32 Å². The highest BCUT2D eigenvalue weighted by Gasteiger charge is 2.08. The van der Waals surface area contributed by atoms with Crippen LogP contribution in [-0.4, -0.2) is 15.0 Å². The van der Waals surface area contributed by atoms with Gasteiger partial charge < -0.3 is 14.6 Å². The number of carbonyl (C=O) groups is 1. The quantitative estimate of drug-likeness (QED) is 0.678. The van der Waals surface area contributed by atoms with Gasteiger partial charge in [-0.2, -0.15) is 0 Å². The van der Waals surface area contributed by atoms with Crippen LogP contribution in [0.3, 0.4) is 0 Å². The van der Waals surface area contributed by atoms with Gasteiger partial charge in [0, 0.05) is 26.4 Å². The average molecular weight is 391 g/mol. The lowest BCUT2D eigenvalue weighted by molar-refractivity contribution is -0.111. The van der Waals surface area contributed by atoms with Gasteiger partial charge in [-0.3, -0.25) is 14.2 Å². The summed E-state index contributed by atoms with van der Waals surface area (Å²) < 4.78 is 8.16. The lowest BCUT2D eigenvalue weighted by atomic mass is 10.2. The van der Waals surface area contributed by atoms with E-state index in [0.717, 1.165) is 10.1 Å². The minimum Gasteiger partial charge on any atom is -0.455 e. The Kier molecular flexibility index (Phi) is 5.78. The molecule has 0 bridgehead atoms. The Morgan fingerprint density at radius 2 is 1.83 bits per heavy atom. The molecule has 7 heteroatoms. The van der Waals surface area contributed by atoms with E-state index in [1.165, 1.54) is 37.0 Å². The smallest absolute Gasteiger partial charge is 0.330 e. The topological polar surface area (TPSA) is 82.3 Å². The summed E-state index contributed by atoms with van der Waals surface area (Å²) in [5, 5.41) is 2.75. The number of carbonyl (C=O) groups excluding carboxylic acids is 1. The molecule has 0 radical (unpaired) electrons. The molecule has 1 heterocycles. The monoisotopic (exact) mass is 391 g/mol. The van der Waals surface area contributed by atoms with Crippen molar-refractivity contribution in [3.8, 4) is 11.5 Å². The van der Waals surface area contributed by atoms with Crippen LogP contribution in [0.25, 0.3) is 6.08 Å². The molecule has 1 amide bonds. The van der Waals surface area contributed by atoms with Crippen LogP contribution in [0.4, 0.5) is 5.69 Å². The van der Waals surface area contributed by atoms with Crippen molar-refractivity contribution in [1.82, 2.24) is 9.13 Å². The molecule has 3 rings (SSSR count). The summed E-state index contributed by atoms with van der Waals surface area (Å²) in [6, 6.07) is 14.7. The van der Waals surface area contributed by atoms with Crippen molar-refractivity contribution >= 4 is 17.7 Å². The zero-order valence-corrected chi connectivity index (χ0v) is 16.4. The molecule has 7 nitrogen and oxygen atoms in total. The third-order valence-electron chi connectivity index (χ3n) is 4.25. The summed E-state index contributed by atoms with van der Waals surface area (Å²) in [4.78, 5) is 36.2. The molecule has 0 aliphatic rings. The number of nitrogens with zero attached hydrogens (tertiary/aromatic N) is 2. The van der Waals surface area contributed by atoms with Crippen molar-refractivity contribution in [2.75, 3.05) is 5.32 Å². The van der Waals surface area contributed by atoms with Crippen LogP contribution in [0.5, 0.6) is 11.5 Å². The maximum absolute atomic E-state index is 12.4. The number of amides is 1. The molecule has 0 atom stereocenters. The highest BCUT2D eigenvalue weighted by Crippen LogP contribution is 2.29. The fourth-order valence-corrected chi connectivity index (χ4v) is 2.76. The maximum Gasteiger partial charge on any atom is 0.330 e. The summed E-state index contributed by atoms with van der Waals surface area (Å²) in [6.07, 6.45) is 4.01. The molecule has 0 fully saturated rings. The number of rotatable bonds is 5. The summed E-state index contributed by atoms with van der Waals surface area (Å²) in [7, 11) is 2.93. The number of para-hydroxylation sites is 2. The molecule has 2 aromatic carbocycles. The molecule has 148 valence electrons. The second-order valence-corrected chi connectivity index (χ2v) is 6.58. The van der Waals surface area contributed by atoms with Crippen molar-refractivity contribution in [2.24, 2.45) is 14.1 Å². The zero-order chi connectivity index (χ0) is 21.0. The van der Waals surface area contributed by atoms with E-state index in [4.69, 9.17) is 4.74 Å². The van der Waals surface area contributed by atoms with Gasteiger partial charge in [-0.05, 0) is 42.8 Å². The normalized spacial score (nSPS) is 10.9. The summed E-state index contributed by atoms with van der Waals surface area (Å²) in [5.41, 5.74) is 0.885. The van der Waals surface area contributed by atoms with Gasteiger partial charge in [0.05, 0.1) is 11.3 Å². The molecule has 1 N–H and O–H groups in total. The van der Waals surface area contributed by atoms with Crippen LogP contribution in [0.1, 0.15) is 11.1 Å². The Morgan fingerprint density at radius 1 is 1.07 bits per heavy atom. The van der Waals surface area contributed by atoms with E-state index in [9.17, 15) is 14.4 Å². The molecule has 1 aromatic heterocycles. The van der Waals surface area contributed by atoms with Crippen LogP contribution in [-0.2, 0) is 18.9 Å². The summed E-state index contributed by atoms with van der Waals surface area (Å²) in [5.74, 6) is 0.731. The Balaban J connectivity index is 1.79. The Labute approximate surface area is 167 Å². The second kappa shape index (κ2) is 8.43. The molecular formula is C22H21N3O4. The van der Waals surface area contributed by atoms with Crippen molar-refractivity contribution < 1.29 is 9.53 Å². The van der Waals surface area contributed by atoms with Crippen LogP contribution < -0.4 is 21.3 Å². The van der Waals surface area contributed by atoms with Crippen molar-refractivity contribution in [3.05, 3.63) is 92.8 Å². The Hall–Kier alpha value is -3.87. The molecule has 29 heavy (non-hydrogen) atoms. The van der Waals surface area contributed by atoms with Crippen molar-refractivity contribution in [2.45, 2.75) is 6.92 Å². The van der Waals surface area contributed by atoms with Gasteiger partial charge in [-0.15, -0.1) is 0 Å². The second-order valence-electron chi connectivity index (χ2n) is 6.58. The first-order chi connectivity index (χ1) is 13.8. The predicted octanol–water partition coefficient (Wildman–Crippen LogP) is 2.84. The van der Waals surface area contributed by atoms with Crippen molar-refractivity contribution in [1.29, 1.82) is 0 Å². The molecule has 0 saturated carbocycles. The van der Waals surface area contributed by atoms with Gasteiger partial charge in [0.25, 0.3) is 5.56 Å². The van der Waals surface area contributed by atoms with Gasteiger partial charge >= 0.3 is 5.69 Å². The van der Waals surface area contributed by atoms with Gasteiger partial charge in [0.15, 0.2) is 5.75 Å². The third kappa shape index (κ3) is 4.70. The molecule has 0 spiro atoms. The third-order valence-corrected chi connectivity index (χ3v) is 4.25. The first-order valence-electron chi connectivity index (χ1n) is 8.94. The molecule has 0 unspecified atom stereocenters. The van der Waals surface area contributed by atoms with Gasteiger partial charge in [-0.25, -0.2) is 4.79 Å². The molecule has 0 saturated heterocycles. The van der Waals surface area contributed by atoms with Crippen LogP contribution in [0, 0.1) is 6.92 Å². The van der Waals surface area contributed by atoms with E-state index in [1.807, 2.05) is 37.3 Å². The number of hydrogen-bond donors (Lipinski definition) is 1. The number of nitrogens with one attached hydrogen (secondary N) is 1. The largest absolute Gasteiger partial charge is 0.455 e. The fraction of sp³-hybridized carbons (Fsp3) is 0.136. The first kappa shape index (κ1) is 19.9. The lowest BCUT2D eigenvalue weighted by Crippen LogP contribution is -2.37. The standard InChI is InChI=1S/C22H21N3O4/c1-15-7-6-8-17(13-15)29-19-10-5-4-9-18(19)23-20(26)12-11-16-14-24(2)22(28)25(3)21(16)27/h4-14H,1-3H3,(H,23,26)/b12-11+. The van der Waals surface area contributed by atoms with E-state index in [-0.39, 0.29) is 5.56 Å². The van der Waals surface area contributed by atoms with Crippen molar-refractivity contribution in [3.63, 3.8) is 0 Å². The van der Waals surface area contributed by atoms with Gasteiger partial charge in [0.1, 0.15) is 5.75 Å². The minimum absolute atomic E-state index is 0.231. The van der Waals surface area contributed by atoms with E-state index < -0.39 is 17.2 Å². The average Bonchev–Trinajstić information content (AvgIpc) is 2.69. The molecule has 0 aliphatic heterocycles. The molecule has 3 aromatic rings. The predicted molar refractivity (Wildman–Crippen MR) is 112 cm³/mol.